The van der Waals surface area contributed by atoms with E-state index in [-0.39, 0.29) is 18.1 Å². The van der Waals surface area contributed by atoms with Crippen molar-refractivity contribution in [2.24, 2.45) is 0 Å². The summed E-state index contributed by atoms with van der Waals surface area (Å²) in [5, 5.41) is 13.0. The van der Waals surface area contributed by atoms with Crippen LogP contribution in [0.5, 0.6) is 0 Å². The van der Waals surface area contributed by atoms with Gasteiger partial charge in [-0.15, -0.1) is 0 Å². The van der Waals surface area contributed by atoms with Crippen LogP contribution in [-0.2, 0) is 0 Å². The van der Waals surface area contributed by atoms with Crippen molar-refractivity contribution in [3.05, 3.63) is 78.9 Å². The number of hydrogen-bond acceptors (Lipinski definition) is 5. The van der Waals surface area contributed by atoms with Crippen molar-refractivity contribution in [1.82, 2.24) is 23.9 Å². The first-order chi connectivity index (χ1) is 16.7. The van der Waals surface area contributed by atoms with Gasteiger partial charge in [-0.25, -0.2) is 9.97 Å². The fourth-order valence-corrected chi connectivity index (χ4v) is 4.86. The minimum absolute atomic E-state index is 0.178. The highest BCUT2D eigenvalue weighted by Crippen LogP contribution is 2.34. The van der Waals surface area contributed by atoms with Crippen LogP contribution in [0.3, 0.4) is 0 Å². The van der Waals surface area contributed by atoms with E-state index >= 15 is 0 Å². The van der Waals surface area contributed by atoms with Gasteiger partial charge in [0.1, 0.15) is 5.65 Å². The molecule has 0 saturated heterocycles. The molecule has 0 spiro atoms. The molecule has 1 fully saturated rings. The van der Waals surface area contributed by atoms with E-state index in [1.54, 1.807) is 24.5 Å². The zero-order valence-corrected chi connectivity index (χ0v) is 18.5. The number of aromatic nitrogens is 5. The van der Waals surface area contributed by atoms with Gasteiger partial charge < -0.3 is 14.1 Å². The van der Waals surface area contributed by atoms with Crippen LogP contribution >= 0.6 is 0 Å². The second-order valence-corrected chi connectivity index (χ2v) is 8.72. The molecule has 170 valence electrons. The number of nitrogens with one attached hydrogen (secondary N) is 1. The number of hydrogen-bond donors (Lipinski definition) is 2. The van der Waals surface area contributed by atoms with Crippen molar-refractivity contribution in [3.8, 4) is 11.3 Å². The van der Waals surface area contributed by atoms with E-state index in [9.17, 15) is 9.90 Å². The maximum atomic E-state index is 13.3. The Morgan fingerprint density at radius 1 is 0.971 bits per heavy atom. The van der Waals surface area contributed by atoms with Crippen LogP contribution in [0.4, 0.5) is 5.95 Å². The summed E-state index contributed by atoms with van der Waals surface area (Å²) in [6.07, 6.45) is 10.1. The number of benzene rings is 1. The number of rotatable bonds is 4. The van der Waals surface area contributed by atoms with E-state index in [1.165, 1.54) is 0 Å². The number of aliphatic hydroxyl groups is 1. The molecule has 4 aromatic heterocycles. The lowest BCUT2D eigenvalue weighted by atomic mass is 9.93. The Hall–Kier alpha value is -4.04. The predicted molar refractivity (Wildman–Crippen MR) is 130 cm³/mol. The highest BCUT2D eigenvalue weighted by atomic mass is 16.3. The second kappa shape index (κ2) is 8.39. The third-order valence-corrected chi connectivity index (χ3v) is 6.57. The van der Waals surface area contributed by atoms with Crippen LogP contribution in [0.15, 0.2) is 73.3 Å². The van der Waals surface area contributed by atoms with E-state index in [4.69, 9.17) is 4.98 Å². The van der Waals surface area contributed by atoms with E-state index in [0.717, 1.165) is 47.9 Å². The van der Waals surface area contributed by atoms with Crippen LogP contribution in [0.25, 0.3) is 27.9 Å². The third-order valence-electron chi connectivity index (χ3n) is 6.57. The summed E-state index contributed by atoms with van der Waals surface area (Å²) < 4.78 is 4.04. The minimum atomic E-state index is -0.251. The zero-order valence-electron chi connectivity index (χ0n) is 18.5. The number of imidazole rings is 2. The fourth-order valence-electron chi connectivity index (χ4n) is 4.86. The standard InChI is InChI=1S/C26H24N6O2/c33-19-9-7-18(8-10-19)32-23-6-2-1-5-21(23)29-26(32)30-25(34)17-11-12-27-22(16-17)20-4-3-14-31-15-13-28-24(20)31/h1-6,11-16,18-19,33H,7-10H2,(H,29,30,34). The number of para-hydroxylation sites is 2. The molecule has 34 heavy (non-hydrogen) atoms. The topological polar surface area (TPSA) is 97.3 Å². The maximum absolute atomic E-state index is 13.3. The first-order valence-electron chi connectivity index (χ1n) is 11.5. The number of carbonyl (C=O) groups excluding carboxylic acids is 1. The fraction of sp³-hybridized carbons (Fsp3) is 0.231. The Balaban J connectivity index is 1.34. The summed E-state index contributed by atoms with van der Waals surface area (Å²) >= 11 is 0. The summed E-state index contributed by atoms with van der Waals surface area (Å²) in [6.45, 7) is 0. The minimum Gasteiger partial charge on any atom is -0.393 e. The van der Waals surface area contributed by atoms with Crippen LogP contribution in [-0.4, -0.2) is 41.0 Å². The second-order valence-electron chi connectivity index (χ2n) is 8.72. The Labute approximate surface area is 195 Å². The van der Waals surface area contributed by atoms with Gasteiger partial charge in [-0.2, -0.15) is 0 Å². The smallest absolute Gasteiger partial charge is 0.258 e. The van der Waals surface area contributed by atoms with Gasteiger partial charge in [-0.05, 0) is 62.1 Å². The molecule has 0 aliphatic heterocycles. The molecule has 1 aromatic carbocycles. The molecule has 1 aliphatic rings. The van der Waals surface area contributed by atoms with E-state index in [0.29, 0.717) is 17.2 Å². The molecule has 6 rings (SSSR count). The predicted octanol–water partition coefficient (Wildman–Crippen LogP) is 4.47. The number of fused-ring (bicyclic) bond motifs is 2. The lowest BCUT2D eigenvalue weighted by molar-refractivity contribution is 0.102. The van der Waals surface area contributed by atoms with Crippen LogP contribution in [0.1, 0.15) is 42.1 Å². The van der Waals surface area contributed by atoms with Gasteiger partial charge in [-0.3, -0.25) is 15.1 Å². The third kappa shape index (κ3) is 3.62. The molecule has 0 radical (unpaired) electrons. The monoisotopic (exact) mass is 452 g/mol. The van der Waals surface area contributed by atoms with Crippen molar-refractivity contribution in [2.75, 3.05) is 5.32 Å². The number of aliphatic hydroxyl groups excluding tert-OH is 1. The quantitative estimate of drug-likeness (QED) is 0.419. The van der Waals surface area contributed by atoms with Crippen LogP contribution in [0, 0.1) is 0 Å². The molecular weight excluding hydrogens is 428 g/mol. The first-order valence-corrected chi connectivity index (χ1v) is 11.5. The lowest BCUT2D eigenvalue weighted by Gasteiger charge is -2.28. The van der Waals surface area contributed by atoms with Crippen molar-refractivity contribution in [2.45, 2.75) is 37.8 Å². The zero-order chi connectivity index (χ0) is 23.1. The van der Waals surface area contributed by atoms with Crippen LogP contribution in [0.2, 0.25) is 0 Å². The van der Waals surface area contributed by atoms with E-state index in [1.807, 2.05) is 53.2 Å². The molecule has 2 N–H and O–H groups in total. The van der Waals surface area contributed by atoms with Crippen molar-refractivity contribution in [1.29, 1.82) is 0 Å². The normalized spacial score (nSPS) is 18.4. The van der Waals surface area contributed by atoms with Gasteiger partial charge in [0.25, 0.3) is 5.91 Å². The Morgan fingerprint density at radius 3 is 2.71 bits per heavy atom. The molecule has 1 aliphatic carbocycles. The SMILES string of the molecule is O=C(Nc1nc2ccccc2n1C1CCC(O)CC1)c1ccnc(-c2cccn3ccnc23)c1. The molecule has 0 unspecified atom stereocenters. The molecule has 1 saturated carbocycles. The number of amides is 1. The number of nitrogens with zero attached hydrogens (tertiary/aromatic N) is 5. The van der Waals surface area contributed by atoms with E-state index < -0.39 is 0 Å². The Morgan fingerprint density at radius 2 is 1.82 bits per heavy atom. The summed E-state index contributed by atoms with van der Waals surface area (Å²) in [4.78, 5) is 27.0. The molecule has 0 atom stereocenters. The van der Waals surface area contributed by atoms with Crippen molar-refractivity contribution >= 4 is 28.5 Å². The molecule has 4 heterocycles. The summed E-state index contributed by atoms with van der Waals surface area (Å²) in [5.74, 6) is 0.285. The van der Waals surface area contributed by atoms with Gasteiger partial charge in [0.15, 0.2) is 0 Å². The number of pyridine rings is 2. The molecule has 1 amide bonds. The van der Waals surface area contributed by atoms with Crippen LogP contribution < -0.4 is 5.32 Å². The average molecular weight is 453 g/mol. The van der Waals surface area contributed by atoms with Gasteiger partial charge in [0, 0.05) is 42.0 Å². The number of anilines is 1. The van der Waals surface area contributed by atoms with E-state index in [2.05, 4.69) is 19.9 Å². The summed E-state index contributed by atoms with van der Waals surface area (Å²) in [5.41, 5.74) is 4.64. The Bertz CT molecular complexity index is 1500. The summed E-state index contributed by atoms with van der Waals surface area (Å²) in [6, 6.07) is 15.4. The van der Waals surface area contributed by atoms with Crippen molar-refractivity contribution in [3.63, 3.8) is 0 Å². The first kappa shape index (κ1) is 20.6. The highest BCUT2D eigenvalue weighted by Gasteiger charge is 2.25. The molecule has 5 aromatic rings. The number of carbonyl (C=O) groups is 1. The average Bonchev–Trinajstić information content (AvgIpc) is 3.49. The molecule has 0 bridgehead atoms. The lowest BCUT2D eigenvalue weighted by Crippen LogP contribution is -2.23. The summed E-state index contributed by atoms with van der Waals surface area (Å²) in [7, 11) is 0. The van der Waals surface area contributed by atoms with Gasteiger partial charge in [0.05, 0.1) is 22.8 Å². The maximum Gasteiger partial charge on any atom is 0.258 e. The molecular formula is C26H24N6O2. The van der Waals surface area contributed by atoms with Gasteiger partial charge in [0.2, 0.25) is 5.95 Å². The van der Waals surface area contributed by atoms with Crippen molar-refractivity contribution < 1.29 is 9.90 Å². The largest absolute Gasteiger partial charge is 0.393 e. The van der Waals surface area contributed by atoms with Gasteiger partial charge >= 0.3 is 0 Å². The highest BCUT2D eigenvalue weighted by molar-refractivity contribution is 6.04. The molecule has 8 heteroatoms. The molecule has 8 nitrogen and oxygen atoms in total. The Kier molecular flexibility index (Phi) is 5.07. The van der Waals surface area contributed by atoms with Gasteiger partial charge in [-0.1, -0.05) is 12.1 Å².